The normalized spacial score (nSPS) is 16.5. The van der Waals surface area contributed by atoms with Crippen molar-refractivity contribution >= 4 is 15.9 Å². The number of nitrogens with one attached hydrogen (secondary N) is 1. The second kappa shape index (κ2) is 10.2. The first kappa shape index (κ1) is 23.1. The number of piperidine rings is 1. The number of nitrogens with zero attached hydrogens (tertiary/aromatic N) is 1. The number of sulfonamides is 1. The van der Waals surface area contributed by atoms with Crippen LogP contribution >= 0.6 is 0 Å². The van der Waals surface area contributed by atoms with Crippen molar-refractivity contribution in [3.05, 3.63) is 59.7 Å². The standard InChI is InChI=1S/C23H30N2O5S/c1-17(20-9-10-21(29-2)22(15-20)30-3)24-23(26)19-11-13-25(14-12-19)31(27,28)16-18-7-5-4-6-8-18/h4-10,15,17,19H,11-14,16H2,1-3H3,(H,24,26)/t17-/m1/s1. The van der Waals surface area contributed by atoms with Gasteiger partial charge in [0.05, 0.1) is 26.0 Å². The van der Waals surface area contributed by atoms with E-state index in [9.17, 15) is 13.2 Å². The molecule has 0 aromatic heterocycles. The van der Waals surface area contributed by atoms with Crippen LogP contribution in [0.25, 0.3) is 0 Å². The zero-order valence-corrected chi connectivity index (χ0v) is 19.0. The molecule has 7 nitrogen and oxygen atoms in total. The van der Waals surface area contributed by atoms with Gasteiger partial charge in [0.15, 0.2) is 11.5 Å². The van der Waals surface area contributed by atoms with Crippen molar-refractivity contribution in [1.82, 2.24) is 9.62 Å². The van der Waals surface area contributed by atoms with Crippen molar-refractivity contribution < 1.29 is 22.7 Å². The van der Waals surface area contributed by atoms with Crippen LogP contribution in [0.5, 0.6) is 11.5 Å². The van der Waals surface area contributed by atoms with Gasteiger partial charge in [0, 0.05) is 19.0 Å². The molecule has 0 bridgehead atoms. The minimum atomic E-state index is -3.39. The number of hydrogen-bond donors (Lipinski definition) is 1. The van der Waals surface area contributed by atoms with Crippen LogP contribution in [0.2, 0.25) is 0 Å². The highest BCUT2D eigenvalue weighted by molar-refractivity contribution is 7.88. The quantitative estimate of drug-likeness (QED) is 0.673. The van der Waals surface area contributed by atoms with Crippen LogP contribution in [0, 0.1) is 5.92 Å². The monoisotopic (exact) mass is 446 g/mol. The van der Waals surface area contributed by atoms with Crippen LogP contribution in [0.1, 0.15) is 36.9 Å². The lowest BCUT2D eigenvalue weighted by molar-refractivity contribution is -0.126. The van der Waals surface area contributed by atoms with E-state index >= 15 is 0 Å². The van der Waals surface area contributed by atoms with E-state index in [0.717, 1.165) is 11.1 Å². The van der Waals surface area contributed by atoms with Gasteiger partial charge in [0.2, 0.25) is 15.9 Å². The average Bonchev–Trinajstić information content (AvgIpc) is 2.79. The molecule has 3 rings (SSSR count). The Kier molecular flexibility index (Phi) is 7.56. The lowest BCUT2D eigenvalue weighted by atomic mass is 9.96. The van der Waals surface area contributed by atoms with E-state index in [4.69, 9.17) is 9.47 Å². The van der Waals surface area contributed by atoms with E-state index in [1.54, 1.807) is 14.2 Å². The van der Waals surface area contributed by atoms with E-state index in [-0.39, 0.29) is 23.6 Å². The van der Waals surface area contributed by atoms with E-state index in [0.29, 0.717) is 37.4 Å². The van der Waals surface area contributed by atoms with Gasteiger partial charge in [0.25, 0.3) is 0 Å². The molecule has 31 heavy (non-hydrogen) atoms. The van der Waals surface area contributed by atoms with Crippen molar-refractivity contribution in [1.29, 1.82) is 0 Å². The first-order chi connectivity index (χ1) is 14.8. The van der Waals surface area contributed by atoms with Gasteiger partial charge in [-0.05, 0) is 43.0 Å². The lowest BCUT2D eigenvalue weighted by Gasteiger charge is -2.31. The van der Waals surface area contributed by atoms with Gasteiger partial charge in [-0.15, -0.1) is 0 Å². The van der Waals surface area contributed by atoms with Crippen molar-refractivity contribution in [2.24, 2.45) is 5.92 Å². The summed E-state index contributed by atoms with van der Waals surface area (Å²) in [6.07, 6.45) is 1.02. The Morgan fingerprint density at radius 3 is 2.32 bits per heavy atom. The largest absolute Gasteiger partial charge is 0.493 e. The van der Waals surface area contributed by atoms with E-state index in [1.807, 2.05) is 55.5 Å². The van der Waals surface area contributed by atoms with Crippen LogP contribution in [-0.4, -0.2) is 45.9 Å². The minimum Gasteiger partial charge on any atom is -0.493 e. The SMILES string of the molecule is COc1ccc([C@@H](C)NC(=O)C2CCN(S(=O)(=O)Cc3ccccc3)CC2)cc1OC. The molecule has 1 amide bonds. The van der Waals surface area contributed by atoms with Crippen LogP contribution in [-0.2, 0) is 20.6 Å². The Balaban J connectivity index is 1.55. The van der Waals surface area contributed by atoms with Crippen LogP contribution in [0.3, 0.4) is 0 Å². The second-order valence-electron chi connectivity index (χ2n) is 7.76. The highest BCUT2D eigenvalue weighted by Gasteiger charge is 2.31. The van der Waals surface area contributed by atoms with Crippen molar-refractivity contribution in [3.63, 3.8) is 0 Å². The summed E-state index contributed by atoms with van der Waals surface area (Å²) in [5.41, 5.74) is 1.68. The maximum Gasteiger partial charge on any atom is 0.223 e. The Morgan fingerprint density at radius 1 is 1.06 bits per heavy atom. The van der Waals surface area contributed by atoms with Crippen molar-refractivity contribution in [3.8, 4) is 11.5 Å². The molecule has 1 atom stereocenters. The molecule has 0 radical (unpaired) electrons. The summed E-state index contributed by atoms with van der Waals surface area (Å²) in [4.78, 5) is 12.8. The number of hydrogen-bond acceptors (Lipinski definition) is 5. The number of benzene rings is 2. The van der Waals surface area contributed by atoms with Crippen molar-refractivity contribution in [2.75, 3.05) is 27.3 Å². The van der Waals surface area contributed by atoms with Gasteiger partial charge in [-0.1, -0.05) is 36.4 Å². The third-order valence-electron chi connectivity index (χ3n) is 5.68. The Hall–Kier alpha value is -2.58. The third-order valence-corrected chi connectivity index (χ3v) is 7.53. The van der Waals surface area contributed by atoms with Gasteiger partial charge >= 0.3 is 0 Å². The molecule has 2 aromatic rings. The van der Waals surface area contributed by atoms with Crippen LogP contribution < -0.4 is 14.8 Å². The molecule has 0 unspecified atom stereocenters. The molecule has 1 saturated heterocycles. The summed E-state index contributed by atoms with van der Waals surface area (Å²) in [5.74, 6) is 0.973. The summed E-state index contributed by atoms with van der Waals surface area (Å²) in [6.45, 7) is 2.63. The molecule has 1 aliphatic rings. The lowest BCUT2D eigenvalue weighted by Crippen LogP contribution is -2.43. The smallest absolute Gasteiger partial charge is 0.223 e. The highest BCUT2D eigenvalue weighted by atomic mass is 32.2. The summed E-state index contributed by atoms with van der Waals surface area (Å²) in [6, 6.07) is 14.5. The Bertz CT molecular complexity index is 986. The van der Waals surface area contributed by atoms with Crippen LogP contribution in [0.15, 0.2) is 48.5 Å². The van der Waals surface area contributed by atoms with Crippen LogP contribution in [0.4, 0.5) is 0 Å². The molecule has 0 aliphatic carbocycles. The number of amides is 1. The predicted molar refractivity (Wildman–Crippen MR) is 119 cm³/mol. The first-order valence-corrected chi connectivity index (χ1v) is 12.0. The summed E-state index contributed by atoms with van der Waals surface area (Å²) < 4.78 is 37.5. The molecule has 8 heteroatoms. The topological polar surface area (TPSA) is 84.9 Å². The molecule has 1 heterocycles. The number of methoxy groups -OCH3 is 2. The molecule has 1 N–H and O–H groups in total. The number of carbonyl (C=O) groups is 1. The Labute approximate surface area is 184 Å². The number of rotatable bonds is 8. The Morgan fingerprint density at radius 2 is 1.71 bits per heavy atom. The highest BCUT2D eigenvalue weighted by Crippen LogP contribution is 2.30. The minimum absolute atomic E-state index is 0.0129. The van der Waals surface area contributed by atoms with E-state index < -0.39 is 10.0 Å². The van der Waals surface area contributed by atoms with Gasteiger partial charge in [0.1, 0.15) is 0 Å². The van der Waals surface area contributed by atoms with E-state index in [2.05, 4.69) is 5.32 Å². The fourth-order valence-corrected chi connectivity index (χ4v) is 5.37. The molecule has 1 fully saturated rings. The molecular formula is C23H30N2O5S. The fourth-order valence-electron chi connectivity index (χ4n) is 3.81. The fraction of sp³-hybridized carbons (Fsp3) is 0.435. The molecular weight excluding hydrogens is 416 g/mol. The maximum absolute atomic E-state index is 12.8. The first-order valence-electron chi connectivity index (χ1n) is 10.4. The zero-order chi connectivity index (χ0) is 22.4. The molecule has 168 valence electrons. The average molecular weight is 447 g/mol. The third kappa shape index (κ3) is 5.77. The van der Waals surface area contributed by atoms with Crippen molar-refractivity contribution in [2.45, 2.75) is 31.6 Å². The molecule has 1 aliphatic heterocycles. The number of carbonyl (C=O) groups excluding carboxylic acids is 1. The van der Waals surface area contributed by atoms with Gasteiger partial charge < -0.3 is 14.8 Å². The second-order valence-corrected chi connectivity index (χ2v) is 9.73. The molecule has 0 saturated carbocycles. The summed E-state index contributed by atoms with van der Waals surface area (Å²) in [7, 11) is -0.238. The van der Waals surface area contributed by atoms with Gasteiger partial charge in [-0.3, -0.25) is 4.79 Å². The van der Waals surface area contributed by atoms with Gasteiger partial charge in [-0.25, -0.2) is 12.7 Å². The predicted octanol–water partition coefficient (Wildman–Crippen LogP) is 3.12. The van der Waals surface area contributed by atoms with E-state index in [1.165, 1.54) is 4.31 Å². The number of ether oxygens (including phenoxy) is 2. The maximum atomic E-state index is 12.8. The molecule has 2 aromatic carbocycles. The van der Waals surface area contributed by atoms with Gasteiger partial charge in [-0.2, -0.15) is 0 Å². The summed E-state index contributed by atoms with van der Waals surface area (Å²) >= 11 is 0. The zero-order valence-electron chi connectivity index (χ0n) is 18.2. The molecule has 0 spiro atoms. The summed E-state index contributed by atoms with van der Waals surface area (Å²) in [5, 5.41) is 3.04.